The van der Waals surface area contributed by atoms with E-state index in [1.807, 2.05) is 19.1 Å². The van der Waals surface area contributed by atoms with E-state index < -0.39 is 0 Å². The molecular weight excluding hydrogens is 194 g/mol. The highest BCUT2D eigenvalue weighted by molar-refractivity contribution is 5.45. The maximum absolute atomic E-state index is 5.26. The molecular formula is C11H17NO3. The van der Waals surface area contributed by atoms with Gasteiger partial charge in [-0.2, -0.15) is 5.48 Å². The van der Waals surface area contributed by atoms with Crippen LogP contribution in [0.4, 0.5) is 0 Å². The number of methoxy groups -OCH3 is 2. The number of aryl methyl sites for hydroxylation is 1. The van der Waals surface area contributed by atoms with Crippen LogP contribution in [0.2, 0.25) is 0 Å². The molecule has 0 saturated carbocycles. The molecule has 0 aliphatic heterocycles. The minimum absolute atomic E-state index is 0.602. The molecule has 1 aromatic rings. The van der Waals surface area contributed by atoms with E-state index in [2.05, 4.69) is 5.48 Å². The molecule has 0 bridgehead atoms. The highest BCUT2D eigenvalue weighted by Crippen LogP contribution is 2.28. The van der Waals surface area contributed by atoms with Crippen LogP contribution in [0, 0.1) is 6.92 Å². The van der Waals surface area contributed by atoms with E-state index in [-0.39, 0.29) is 0 Å². The number of ether oxygens (including phenoxy) is 2. The summed E-state index contributed by atoms with van der Waals surface area (Å²) < 4.78 is 10.5. The summed E-state index contributed by atoms with van der Waals surface area (Å²) in [5.74, 6) is 1.62. The van der Waals surface area contributed by atoms with E-state index in [9.17, 15) is 0 Å². The van der Waals surface area contributed by atoms with Crippen molar-refractivity contribution in [3.8, 4) is 11.5 Å². The van der Waals surface area contributed by atoms with Crippen LogP contribution in [-0.4, -0.2) is 21.3 Å². The van der Waals surface area contributed by atoms with Gasteiger partial charge in [-0.05, 0) is 18.6 Å². The Hall–Kier alpha value is -1.26. The highest BCUT2D eigenvalue weighted by atomic mass is 16.6. The van der Waals surface area contributed by atoms with E-state index >= 15 is 0 Å². The van der Waals surface area contributed by atoms with Crippen LogP contribution in [0.15, 0.2) is 12.1 Å². The summed E-state index contributed by atoms with van der Waals surface area (Å²) in [5.41, 5.74) is 4.90. The first-order valence-electron chi connectivity index (χ1n) is 4.70. The average molecular weight is 211 g/mol. The summed E-state index contributed by atoms with van der Waals surface area (Å²) in [6.45, 7) is 2.60. The Bertz CT molecular complexity index is 326. The summed E-state index contributed by atoms with van der Waals surface area (Å²) in [5, 5.41) is 0. The summed E-state index contributed by atoms with van der Waals surface area (Å²) >= 11 is 0. The minimum Gasteiger partial charge on any atom is -0.496 e. The van der Waals surface area contributed by atoms with Crippen molar-refractivity contribution in [2.45, 2.75) is 13.5 Å². The minimum atomic E-state index is 0.602. The van der Waals surface area contributed by atoms with Gasteiger partial charge in [0.1, 0.15) is 11.5 Å². The Balaban J connectivity index is 2.98. The Kier molecular flexibility index (Phi) is 4.39. The lowest BCUT2D eigenvalue weighted by molar-refractivity contribution is 0.0861. The van der Waals surface area contributed by atoms with Gasteiger partial charge in [-0.25, -0.2) is 0 Å². The normalized spacial score (nSPS) is 10.1. The van der Waals surface area contributed by atoms with Crippen molar-refractivity contribution in [2.75, 3.05) is 21.3 Å². The summed E-state index contributed by atoms with van der Waals surface area (Å²) in [6, 6.07) is 3.89. The maximum Gasteiger partial charge on any atom is 0.127 e. The smallest absolute Gasteiger partial charge is 0.127 e. The fraction of sp³-hybridized carbons (Fsp3) is 0.455. The standard InChI is InChI=1S/C11H17NO3/c1-8-5-9(7-12-15-4)11(14-3)6-10(8)13-2/h5-6,12H,7H2,1-4H3. The van der Waals surface area contributed by atoms with Gasteiger partial charge < -0.3 is 14.3 Å². The first-order valence-corrected chi connectivity index (χ1v) is 4.70. The molecule has 0 atom stereocenters. The first-order chi connectivity index (χ1) is 7.22. The first kappa shape index (κ1) is 11.8. The summed E-state index contributed by atoms with van der Waals surface area (Å²) in [4.78, 5) is 4.80. The number of hydroxylamine groups is 1. The van der Waals surface area contributed by atoms with Gasteiger partial charge in [0.05, 0.1) is 21.3 Å². The largest absolute Gasteiger partial charge is 0.496 e. The molecule has 1 aromatic carbocycles. The fourth-order valence-electron chi connectivity index (χ4n) is 1.43. The van der Waals surface area contributed by atoms with Crippen LogP contribution >= 0.6 is 0 Å². The van der Waals surface area contributed by atoms with E-state index in [1.165, 1.54) is 0 Å². The van der Waals surface area contributed by atoms with Gasteiger partial charge in [0, 0.05) is 18.2 Å². The van der Waals surface area contributed by atoms with Crippen LogP contribution in [0.3, 0.4) is 0 Å². The molecule has 0 radical (unpaired) electrons. The molecule has 0 aromatic heterocycles. The van der Waals surface area contributed by atoms with Crippen molar-refractivity contribution < 1.29 is 14.3 Å². The molecule has 0 saturated heterocycles. The molecule has 1 N–H and O–H groups in total. The van der Waals surface area contributed by atoms with E-state index in [0.717, 1.165) is 22.6 Å². The SMILES string of the molecule is CONCc1cc(C)c(OC)cc1OC. The van der Waals surface area contributed by atoms with Crippen molar-refractivity contribution in [1.29, 1.82) is 0 Å². The zero-order valence-corrected chi connectivity index (χ0v) is 9.59. The second kappa shape index (κ2) is 5.58. The van der Waals surface area contributed by atoms with E-state index in [4.69, 9.17) is 14.3 Å². The fourth-order valence-corrected chi connectivity index (χ4v) is 1.43. The number of rotatable bonds is 5. The molecule has 84 valence electrons. The van der Waals surface area contributed by atoms with Gasteiger partial charge in [-0.15, -0.1) is 0 Å². The molecule has 1 rings (SSSR count). The van der Waals surface area contributed by atoms with Crippen molar-refractivity contribution in [3.05, 3.63) is 23.3 Å². The van der Waals surface area contributed by atoms with Gasteiger partial charge in [-0.1, -0.05) is 0 Å². The number of benzene rings is 1. The Morgan fingerprint density at radius 3 is 2.27 bits per heavy atom. The Morgan fingerprint density at radius 2 is 1.73 bits per heavy atom. The van der Waals surface area contributed by atoms with Gasteiger partial charge in [0.15, 0.2) is 0 Å². The van der Waals surface area contributed by atoms with Crippen molar-refractivity contribution >= 4 is 0 Å². The molecule has 0 fully saturated rings. The quantitative estimate of drug-likeness (QED) is 0.752. The molecule has 0 unspecified atom stereocenters. The lowest BCUT2D eigenvalue weighted by Gasteiger charge is -2.12. The Morgan fingerprint density at radius 1 is 1.07 bits per heavy atom. The predicted molar refractivity (Wildman–Crippen MR) is 58.1 cm³/mol. The molecule has 0 heterocycles. The number of hydrogen-bond donors (Lipinski definition) is 1. The van der Waals surface area contributed by atoms with Crippen molar-refractivity contribution in [1.82, 2.24) is 5.48 Å². The van der Waals surface area contributed by atoms with Gasteiger partial charge in [-0.3, -0.25) is 0 Å². The molecule has 0 aliphatic rings. The average Bonchev–Trinajstić information content (AvgIpc) is 2.26. The maximum atomic E-state index is 5.26. The predicted octanol–water partition coefficient (Wildman–Crippen LogP) is 1.66. The van der Waals surface area contributed by atoms with Crippen LogP contribution in [0.1, 0.15) is 11.1 Å². The van der Waals surface area contributed by atoms with Crippen molar-refractivity contribution in [2.24, 2.45) is 0 Å². The lowest BCUT2D eigenvalue weighted by Crippen LogP contribution is -2.12. The van der Waals surface area contributed by atoms with E-state index in [0.29, 0.717) is 6.54 Å². The van der Waals surface area contributed by atoms with E-state index in [1.54, 1.807) is 21.3 Å². The van der Waals surface area contributed by atoms with Gasteiger partial charge in [0.25, 0.3) is 0 Å². The van der Waals surface area contributed by atoms with Crippen LogP contribution in [0.25, 0.3) is 0 Å². The zero-order chi connectivity index (χ0) is 11.3. The third-order valence-electron chi connectivity index (χ3n) is 2.20. The Labute approximate surface area is 90.1 Å². The summed E-state index contributed by atoms with van der Waals surface area (Å²) in [6.07, 6.45) is 0. The van der Waals surface area contributed by atoms with Crippen LogP contribution in [0.5, 0.6) is 11.5 Å². The molecule has 4 heteroatoms. The molecule has 4 nitrogen and oxygen atoms in total. The topological polar surface area (TPSA) is 39.7 Å². The lowest BCUT2D eigenvalue weighted by atomic mass is 10.1. The third kappa shape index (κ3) is 2.84. The molecule has 0 spiro atoms. The second-order valence-corrected chi connectivity index (χ2v) is 3.16. The number of nitrogens with one attached hydrogen (secondary N) is 1. The van der Waals surface area contributed by atoms with Gasteiger partial charge >= 0.3 is 0 Å². The monoisotopic (exact) mass is 211 g/mol. The molecule has 0 aliphatic carbocycles. The summed E-state index contributed by atoms with van der Waals surface area (Å²) in [7, 11) is 4.87. The van der Waals surface area contributed by atoms with Crippen LogP contribution in [-0.2, 0) is 11.4 Å². The zero-order valence-electron chi connectivity index (χ0n) is 9.59. The van der Waals surface area contributed by atoms with Crippen LogP contribution < -0.4 is 15.0 Å². The highest BCUT2D eigenvalue weighted by Gasteiger charge is 2.07. The molecule has 15 heavy (non-hydrogen) atoms. The van der Waals surface area contributed by atoms with Crippen molar-refractivity contribution in [3.63, 3.8) is 0 Å². The molecule has 0 amide bonds. The number of hydrogen-bond acceptors (Lipinski definition) is 4. The second-order valence-electron chi connectivity index (χ2n) is 3.16. The third-order valence-corrected chi connectivity index (χ3v) is 2.20. The van der Waals surface area contributed by atoms with Gasteiger partial charge in [0.2, 0.25) is 0 Å².